The molecule has 15 heavy (non-hydrogen) atoms. The van der Waals surface area contributed by atoms with Gasteiger partial charge in [-0.3, -0.25) is 0 Å². The molecule has 0 aliphatic carbocycles. The van der Waals surface area contributed by atoms with E-state index in [1.165, 1.54) is 5.56 Å². The van der Waals surface area contributed by atoms with Crippen molar-refractivity contribution in [2.45, 2.75) is 20.3 Å². The Morgan fingerprint density at radius 1 is 1.40 bits per heavy atom. The Kier molecular flexibility index (Phi) is 2.91. The van der Waals surface area contributed by atoms with Gasteiger partial charge < -0.3 is 4.42 Å². The number of hydrogen-bond acceptors (Lipinski definition) is 2. The number of rotatable bonds is 2. The first-order chi connectivity index (χ1) is 7.20. The van der Waals surface area contributed by atoms with E-state index in [1.54, 1.807) is 6.26 Å². The predicted molar refractivity (Wildman–Crippen MR) is 63.8 cm³/mol. The van der Waals surface area contributed by atoms with Gasteiger partial charge in [-0.25, -0.2) is 4.98 Å². The van der Waals surface area contributed by atoms with Crippen LogP contribution in [0.1, 0.15) is 18.4 Å². The first-order valence-electron chi connectivity index (χ1n) is 4.91. The number of nitrogens with zero attached hydrogens (tertiary/aromatic N) is 1. The van der Waals surface area contributed by atoms with E-state index in [4.69, 9.17) is 4.42 Å². The zero-order valence-electron chi connectivity index (χ0n) is 8.75. The van der Waals surface area contributed by atoms with Crippen LogP contribution in [0.2, 0.25) is 0 Å². The van der Waals surface area contributed by atoms with Gasteiger partial charge in [-0.2, -0.15) is 0 Å². The van der Waals surface area contributed by atoms with Crippen LogP contribution in [0.25, 0.3) is 11.3 Å². The molecule has 0 unspecified atom stereocenters. The van der Waals surface area contributed by atoms with E-state index >= 15 is 0 Å². The van der Waals surface area contributed by atoms with Gasteiger partial charge in [0.1, 0.15) is 12.0 Å². The van der Waals surface area contributed by atoms with Crippen molar-refractivity contribution < 1.29 is 4.42 Å². The summed E-state index contributed by atoms with van der Waals surface area (Å²) >= 11 is 3.51. The number of hydrogen-bond donors (Lipinski definition) is 0. The van der Waals surface area contributed by atoms with Gasteiger partial charge in [0, 0.05) is 16.5 Å². The van der Waals surface area contributed by atoms with Crippen LogP contribution in [0.3, 0.4) is 0 Å². The molecule has 2 rings (SSSR count). The highest BCUT2D eigenvalue weighted by atomic mass is 79.9. The molecule has 0 spiro atoms. The Morgan fingerprint density at radius 3 is 2.80 bits per heavy atom. The second kappa shape index (κ2) is 4.19. The van der Waals surface area contributed by atoms with Crippen molar-refractivity contribution in [2.24, 2.45) is 0 Å². The molecule has 78 valence electrons. The Morgan fingerprint density at radius 2 is 2.20 bits per heavy atom. The van der Waals surface area contributed by atoms with Gasteiger partial charge in [0.15, 0.2) is 5.89 Å². The molecule has 1 aromatic heterocycles. The average molecular weight is 266 g/mol. The SMILES string of the molecule is CCc1nc(-c2ccc(C)c(Br)c2)co1. The molecule has 1 aromatic carbocycles. The maximum atomic E-state index is 5.31. The van der Waals surface area contributed by atoms with E-state index < -0.39 is 0 Å². The van der Waals surface area contributed by atoms with Crippen LogP contribution in [0.15, 0.2) is 33.4 Å². The second-order valence-corrected chi connectivity index (χ2v) is 4.30. The fraction of sp³-hybridized carbons (Fsp3) is 0.250. The van der Waals surface area contributed by atoms with Gasteiger partial charge in [0.05, 0.1) is 0 Å². The summed E-state index contributed by atoms with van der Waals surface area (Å²) in [7, 11) is 0. The highest BCUT2D eigenvalue weighted by molar-refractivity contribution is 9.10. The quantitative estimate of drug-likeness (QED) is 0.821. The normalized spacial score (nSPS) is 10.6. The Hall–Kier alpha value is -1.09. The lowest BCUT2D eigenvalue weighted by Crippen LogP contribution is -1.82. The lowest BCUT2D eigenvalue weighted by Gasteiger charge is -2.00. The summed E-state index contributed by atoms with van der Waals surface area (Å²) in [6.45, 7) is 4.09. The second-order valence-electron chi connectivity index (χ2n) is 3.44. The fourth-order valence-electron chi connectivity index (χ4n) is 1.36. The van der Waals surface area contributed by atoms with Crippen LogP contribution >= 0.6 is 15.9 Å². The molecule has 0 bridgehead atoms. The molecular weight excluding hydrogens is 254 g/mol. The minimum absolute atomic E-state index is 0.779. The highest BCUT2D eigenvalue weighted by Gasteiger charge is 2.05. The molecule has 0 saturated carbocycles. The van der Waals surface area contributed by atoms with Crippen LogP contribution in [0.4, 0.5) is 0 Å². The summed E-state index contributed by atoms with van der Waals surface area (Å²) in [5.41, 5.74) is 3.20. The van der Waals surface area contributed by atoms with Gasteiger partial charge >= 0.3 is 0 Å². The van der Waals surface area contributed by atoms with Gasteiger partial charge in [-0.1, -0.05) is 35.0 Å². The molecule has 2 nitrogen and oxygen atoms in total. The molecular formula is C12H12BrNO. The largest absolute Gasteiger partial charge is 0.448 e. The van der Waals surface area contributed by atoms with E-state index in [2.05, 4.69) is 46.0 Å². The van der Waals surface area contributed by atoms with E-state index in [-0.39, 0.29) is 0 Å². The molecule has 0 N–H and O–H groups in total. The predicted octanol–water partition coefficient (Wildman–Crippen LogP) is 3.97. The molecule has 1 heterocycles. The van der Waals surface area contributed by atoms with Crippen LogP contribution in [0, 0.1) is 6.92 Å². The van der Waals surface area contributed by atoms with Crippen molar-refractivity contribution in [1.82, 2.24) is 4.98 Å². The Bertz CT molecular complexity index is 476. The van der Waals surface area contributed by atoms with E-state index in [0.29, 0.717) is 0 Å². The van der Waals surface area contributed by atoms with Crippen LogP contribution < -0.4 is 0 Å². The molecule has 0 saturated heterocycles. The molecule has 0 atom stereocenters. The van der Waals surface area contributed by atoms with Crippen molar-refractivity contribution in [3.63, 3.8) is 0 Å². The zero-order chi connectivity index (χ0) is 10.8. The third-order valence-corrected chi connectivity index (χ3v) is 3.18. The third-order valence-electron chi connectivity index (χ3n) is 2.32. The maximum absolute atomic E-state index is 5.31. The summed E-state index contributed by atoms with van der Waals surface area (Å²) in [5.74, 6) is 0.779. The number of benzene rings is 1. The Balaban J connectivity index is 2.40. The van der Waals surface area contributed by atoms with Crippen molar-refractivity contribution in [2.75, 3.05) is 0 Å². The lowest BCUT2D eigenvalue weighted by molar-refractivity contribution is 0.502. The lowest BCUT2D eigenvalue weighted by atomic mass is 10.1. The van der Waals surface area contributed by atoms with Crippen LogP contribution in [-0.2, 0) is 6.42 Å². The van der Waals surface area contributed by atoms with E-state index in [0.717, 1.165) is 28.0 Å². The topological polar surface area (TPSA) is 26.0 Å². The first kappa shape index (κ1) is 10.4. The molecule has 2 aromatic rings. The molecule has 0 aliphatic rings. The minimum atomic E-state index is 0.779. The van der Waals surface area contributed by atoms with Crippen LogP contribution in [0.5, 0.6) is 0 Å². The first-order valence-corrected chi connectivity index (χ1v) is 5.71. The average Bonchev–Trinajstić information content (AvgIpc) is 2.70. The molecule has 0 amide bonds. The van der Waals surface area contributed by atoms with Crippen molar-refractivity contribution in [1.29, 1.82) is 0 Å². The molecule has 0 radical (unpaired) electrons. The van der Waals surface area contributed by atoms with Gasteiger partial charge in [-0.05, 0) is 18.6 Å². The standard InChI is InChI=1S/C12H12BrNO/c1-3-12-14-11(7-15-12)9-5-4-8(2)10(13)6-9/h4-7H,3H2,1-2H3. The fourth-order valence-corrected chi connectivity index (χ4v) is 1.74. The number of aryl methyl sites for hydroxylation is 2. The monoisotopic (exact) mass is 265 g/mol. The van der Waals surface area contributed by atoms with Crippen molar-refractivity contribution in [3.05, 3.63) is 40.4 Å². The zero-order valence-corrected chi connectivity index (χ0v) is 10.3. The third kappa shape index (κ3) is 2.12. The van der Waals surface area contributed by atoms with Crippen molar-refractivity contribution >= 4 is 15.9 Å². The summed E-state index contributed by atoms with van der Waals surface area (Å²) in [6, 6.07) is 6.18. The van der Waals surface area contributed by atoms with Crippen LogP contribution in [-0.4, -0.2) is 4.98 Å². The summed E-state index contributed by atoms with van der Waals surface area (Å²) in [4.78, 5) is 4.38. The molecule has 3 heteroatoms. The van der Waals surface area contributed by atoms with Gasteiger partial charge in [0.25, 0.3) is 0 Å². The van der Waals surface area contributed by atoms with Crippen molar-refractivity contribution in [3.8, 4) is 11.3 Å². The van der Waals surface area contributed by atoms with Gasteiger partial charge in [0.2, 0.25) is 0 Å². The Labute approximate surface area is 97.5 Å². The number of halogens is 1. The van der Waals surface area contributed by atoms with Gasteiger partial charge in [-0.15, -0.1) is 0 Å². The van der Waals surface area contributed by atoms with E-state index in [9.17, 15) is 0 Å². The minimum Gasteiger partial charge on any atom is -0.448 e. The summed E-state index contributed by atoms with van der Waals surface area (Å²) in [6.07, 6.45) is 2.53. The summed E-state index contributed by atoms with van der Waals surface area (Å²) < 4.78 is 6.41. The smallest absolute Gasteiger partial charge is 0.194 e. The number of oxazole rings is 1. The number of aromatic nitrogens is 1. The molecule has 0 fully saturated rings. The highest BCUT2D eigenvalue weighted by Crippen LogP contribution is 2.25. The summed E-state index contributed by atoms with van der Waals surface area (Å²) in [5, 5.41) is 0. The molecule has 0 aliphatic heterocycles. The maximum Gasteiger partial charge on any atom is 0.194 e. The van der Waals surface area contributed by atoms with E-state index in [1.807, 2.05) is 6.92 Å².